The minimum atomic E-state index is -0.0975. The van der Waals surface area contributed by atoms with Crippen LogP contribution in [0.2, 0.25) is 5.02 Å². The maximum atomic E-state index is 12.0. The van der Waals surface area contributed by atoms with Crippen LogP contribution in [0.25, 0.3) is 10.9 Å². The lowest BCUT2D eigenvalue weighted by Gasteiger charge is -2.12. The van der Waals surface area contributed by atoms with Crippen LogP contribution in [0.1, 0.15) is 20.3 Å². The molecule has 0 saturated carbocycles. The maximum absolute atomic E-state index is 12.0. The van der Waals surface area contributed by atoms with Crippen LogP contribution in [0.4, 0.5) is 0 Å². The smallest absolute Gasteiger partial charge is 0.251 e. The zero-order valence-corrected chi connectivity index (χ0v) is 14.4. The van der Waals surface area contributed by atoms with Gasteiger partial charge in [-0.3, -0.25) is 9.59 Å². The number of carbonyl (C=O) groups excluding carboxylic acids is 1. The molecule has 0 fully saturated rings. The van der Waals surface area contributed by atoms with Gasteiger partial charge >= 0.3 is 0 Å². The van der Waals surface area contributed by atoms with Gasteiger partial charge in [-0.05, 0) is 31.5 Å². The number of hydrogen-bond acceptors (Lipinski definition) is 3. The van der Waals surface area contributed by atoms with Gasteiger partial charge in [0.05, 0.1) is 11.3 Å². The van der Waals surface area contributed by atoms with E-state index in [9.17, 15) is 9.59 Å². The standard InChI is InChI=1S/C16H19ClN2O2S/c1-4-10(2)18-15(20)9-22-14-8-16(21)19(3)13-6-5-11(17)7-12(13)14/h5-8,10H,4,9H2,1-3H3,(H,18,20). The number of thioether (sulfide) groups is 1. The Kier molecular flexibility index (Phi) is 5.53. The third-order valence-corrected chi connectivity index (χ3v) is 4.84. The molecule has 1 amide bonds. The topological polar surface area (TPSA) is 51.1 Å². The molecule has 1 unspecified atom stereocenters. The molecule has 0 saturated heterocycles. The summed E-state index contributed by atoms with van der Waals surface area (Å²) < 4.78 is 1.58. The number of carbonyl (C=O) groups is 1. The highest BCUT2D eigenvalue weighted by Gasteiger charge is 2.11. The van der Waals surface area contributed by atoms with Gasteiger partial charge in [0.15, 0.2) is 0 Å². The van der Waals surface area contributed by atoms with E-state index in [0.29, 0.717) is 5.02 Å². The molecule has 118 valence electrons. The Labute approximate surface area is 138 Å². The van der Waals surface area contributed by atoms with Crippen LogP contribution in [-0.2, 0) is 11.8 Å². The first-order chi connectivity index (χ1) is 10.4. The predicted molar refractivity (Wildman–Crippen MR) is 92.8 cm³/mol. The molecule has 2 rings (SSSR count). The molecule has 22 heavy (non-hydrogen) atoms. The van der Waals surface area contributed by atoms with Crippen LogP contribution in [0.15, 0.2) is 34.0 Å². The SMILES string of the molecule is CCC(C)NC(=O)CSc1cc(=O)n(C)c2ccc(Cl)cc12. The summed E-state index contributed by atoms with van der Waals surface area (Å²) in [5.74, 6) is 0.245. The second kappa shape index (κ2) is 7.20. The van der Waals surface area contributed by atoms with Gasteiger partial charge in [0, 0.05) is 34.5 Å². The van der Waals surface area contributed by atoms with Crippen LogP contribution < -0.4 is 10.9 Å². The summed E-state index contributed by atoms with van der Waals surface area (Å²) in [4.78, 5) is 24.7. The number of nitrogens with one attached hydrogen (secondary N) is 1. The maximum Gasteiger partial charge on any atom is 0.251 e. The highest BCUT2D eigenvalue weighted by Crippen LogP contribution is 2.28. The molecule has 4 nitrogen and oxygen atoms in total. The van der Waals surface area contributed by atoms with E-state index in [-0.39, 0.29) is 23.3 Å². The van der Waals surface area contributed by atoms with Crippen LogP contribution >= 0.6 is 23.4 Å². The van der Waals surface area contributed by atoms with Gasteiger partial charge < -0.3 is 9.88 Å². The van der Waals surface area contributed by atoms with E-state index < -0.39 is 0 Å². The summed E-state index contributed by atoms with van der Waals surface area (Å²) in [6.07, 6.45) is 0.890. The van der Waals surface area contributed by atoms with Gasteiger partial charge in [0.25, 0.3) is 5.56 Å². The molecule has 1 atom stereocenters. The summed E-state index contributed by atoms with van der Waals surface area (Å²) in [7, 11) is 1.72. The third kappa shape index (κ3) is 3.84. The van der Waals surface area contributed by atoms with Crippen molar-refractivity contribution in [2.24, 2.45) is 7.05 Å². The van der Waals surface area contributed by atoms with E-state index in [0.717, 1.165) is 22.2 Å². The number of benzene rings is 1. The van der Waals surface area contributed by atoms with Gasteiger partial charge in [-0.1, -0.05) is 18.5 Å². The van der Waals surface area contributed by atoms with E-state index in [1.807, 2.05) is 26.0 Å². The number of rotatable bonds is 5. The molecule has 0 bridgehead atoms. The van der Waals surface area contributed by atoms with Crippen molar-refractivity contribution in [2.75, 3.05) is 5.75 Å². The molecular weight excluding hydrogens is 320 g/mol. The molecule has 1 N–H and O–H groups in total. The minimum absolute atomic E-state index is 0.0322. The largest absolute Gasteiger partial charge is 0.353 e. The number of pyridine rings is 1. The Morgan fingerprint density at radius 1 is 1.41 bits per heavy atom. The lowest BCUT2D eigenvalue weighted by molar-refractivity contribution is -0.119. The van der Waals surface area contributed by atoms with E-state index in [1.54, 1.807) is 23.7 Å². The summed E-state index contributed by atoms with van der Waals surface area (Å²) in [5.41, 5.74) is 0.710. The summed E-state index contributed by atoms with van der Waals surface area (Å²) >= 11 is 7.42. The van der Waals surface area contributed by atoms with Gasteiger partial charge in [0.1, 0.15) is 0 Å². The van der Waals surface area contributed by atoms with Gasteiger partial charge in [-0.25, -0.2) is 0 Å². The lowest BCUT2D eigenvalue weighted by atomic mass is 10.2. The monoisotopic (exact) mass is 338 g/mol. The molecule has 0 radical (unpaired) electrons. The van der Waals surface area contributed by atoms with Crippen LogP contribution in [0.3, 0.4) is 0 Å². The molecule has 0 aliphatic rings. The lowest BCUT2D eigenvalue weighted by Crippen LogP contribution is -2.33. The second-order valence-electron chi connectivity index (χ2n) is 5.23. The first-order valence-corrected chi connectivity index (χ1v) is 8.50. The fourth-order valence-corrected chi connectivity index (χ4v) is 3.13. The Bertz CT molecular complexity index is 758. The normalized spacial score (nSPS) is 12.4. The molecular formula is C16H19ClN2O2S. The van der Waals surface area contributed by atoms with E-state index >= 15 is 0 Å². The average molecular weight is 339 g/mol. The van der Waals surface area contributed by atoms with E-state index in [2.05, 4.69) is 5.32 Å². The number of halogens is 1. The molecule has 1 aromatic heterocycles. The first-order valence-electron chi connectivity index (χ1n) is 7.13. The fourth-order valence-electron chi connectivity index (χ4n) is 2.08. The van der Waals surface area contributed by atoms with Gasteiger partial charge in [-0.15, -0.1) is 11.8 Å². The fraction of sp³-hybridized carbons (Fsp3) is 0.375. The van der Waals surface area contributed by atoms with Crippen molar-refractivity contribution in [1.29, 1.82) is 0 Å². The second-order valence-corrected chi connectivity index (χ2v) is 6.69. The number of fused-ring (bicyclic) bond motifs is 1. The molecule has 6 heteroatoms. The van der Waals surface area contributed by atoms with Crippen molar-refractivity contribution in [3.8, 4) is 0 Å². The quantitative estimate of drug-likeness (QED) is 0.852. The van der Waals surface area contributed by atoms with Crippen LogP contribution in [0.5, 0.6) is 0 Å². The highest BCUT2D eigenvalue weighted by molar-refractivity contribution is 8.00. The van der Waals surface area contributed by atoms with Crippen molar-refractivity contribution in [3.63, 3.8) is 0 Å². The van der Waals surface area contributed by atoms with Crippen molar-refractivity contribution >= 4 is 40.2 Å². The Morgan fingerprint density at radius 2 is 2.14 bits per heavy atom. The summed E-state index contributed by atoms with van der Waals surface area (Å²) in [6, 6.07) is 7.11. The van der Waals surface area contributed by atoms with E-state index in [4.69, 9.17) is 11.6 Å². The van der Waals surface area contributed by atoms with Crippen molar-refractivity contribution in [1.82, 2.24) is 9.88 Å². The molecule has 1 aromatic carbocycles. The molecule has 0 aliphatic heterocycles. The number of aryl methyl sites for hydroxylation is 1. The summed E-state index contributed by atoms with van der Waals surface area (Å²) in [5, 5.41) is 4.41. The average Bonchev–Trinajstić information content (AvgIpc) is 2.49. The molecule has 0 spiro atoms. The zero-order chi connectivity index (χ0) is 16.3. The van der Waals surface area contributed by atoms with E-state index in [1.165, 1.54) is 11.8 Å². The number of aromatic nitrogens is 1. The molecule has 0 aliphatic carbocycles. The molecule has 2 aromatic rings. The van der Waals surface area contributed by atoms with Gasteiger partial charge in [-0.2, -0.15) is 0 Å². The minimum Gasteiger partial charge on any atom is -0.353 e. The van der Waals surface area contributed by atoms with Crippen LogP contribution in [0, 0.1) is 0 Å². The zero-order valence-electron chi connectivity index (χ0n) is 12.9. The van der Waals surface area contributed by atoms with Gasteiger partial charge in [0.2, 0.25) is 5.91 Å². The third-order valence-electron chi connectivity index (χ3n) is 3.55. The van der Waals surface area contributed by atoms with Crippen molar-refractivity contribution in [3.05, 3.63) is 39.6 Å². The number of nitrogens with zero attached hydrogens (tertiary/aromatic N) is 1. The Balaban J connectivity index is 2.28. The van der Waals surface area contributed by atoms with Crippen molar-refractivity contribution in [2.45, 2.75) is 31.2 Å². The van der Waals surface area contributed by atoms with Crippen molar-refractivity contribution < 1.29 is 4.79 Å². The predicted octanol–water partition coefficient (Wildman–Crippen LogP) is 3.20. The Hall–Kier alpha value is -1.46. The Morgan fingerprint density at radius 3 is 2.82 bits per heavy atom. The highest BCUT2D eigenvalue weighted by atomic mass is 35.5. The molecule has 1 heterocycles. The number of hydrogen-bond donors (Lipinski definition) is 1. The summed E-state index contributed by atoms with van der Waals surface area (Å²) in [6.45, 7) is 3.99. The number of amides is 1. The van der Waals surface area contributed by atoms with Crippen LogP contribution in [-0.4, -0.2) is 22.3 Å². The first kappa shape index (κ1) is 16.9.